The van der Waals surface area contributed by atoms with Crippen molar-refractivity contribution in [2.45, 2.75) is 235 Å². The Balaban J connectivity index is 0.000000266. The van der Waals surface area contributed by atoms with Crippen molar-refractivity contribution in [2.24, 2.45) is 5.73 Å². The number of nitrogen functional groups attached to an aromatic ring is 3. The number of imidazole rings is 4. The zero-order valence-corrected chi connectivity index (χ0v) is 86.5. The number of hydrogen-bond donors (Lipinski definition) is 7. The van der Waals surface area contributed by atoms with Crippen molar-refractivity contribution >= 4 is 200 Å². The van der Waals surface area contributed by atoms with Crippen molar-refractivity contribution < 1.29 is 63.1 Å². The van der Waals surface area contributed by atoms with Gasteiger partial charge in [-0.05, 0) is 233 Å². The summed E-state index contributed by atoms with van der Waals surface area (Å²) < 4.78 is 59.7. The summed E-state index contributed by atoms with van der Waals surface area (Å²) in [5, 5.41) is 13.6. The summed E-state index contributed by atoms with van der Waals surface area (Å²) in [6.07, 6.45) is 18.5. The summed E-state index contributed by atoms with van der Waals surface area (Å²) in [5.74, 6) is 4.50. The molecule has 0 unspecified atom stereocenters. The number of amides is 3. The first kappa shape index (κ1) is 109. The fraction of sp³-hybridized carbons (Fsp3) is 0.538. The first-order chi connectivity index (χ1) is 61.5. The van der Waals surface area contributed by atoms with Gasteiger partial charge in [0, 0.05) is 87.8 Å². The van der Waals surface area contributed by atoms with E-state index in [1.165, 1.54) is 0 Å². The number of aryl methyl sites for hydroxylation is 4. The van der Waals surface area contributed by atoms with E-state index in [1.54, 1.807) is 44.7 Å². The lowest BCUT2D eigenvalue weighted by atomic mass is 10.2. The van der Waals surface area contributed by atoms with E-state index in [4.69, 9.17) is 76.4 Å². The number of unbranched alkanes of at least 4 members (excludes halogenated alkanes) is 8. The number of carbonyl (C=O) groups excluding carboxylic acids is 3. The number of rotatable bonds is 37. The fourth-order valence-corrected chi connectivity index (χ4v) is 16.0. The van der Waals surface area contributed by atoms with Crippen LogP contribution in [0.4, 0.5) is 31.8 Å². The highest BCUT2D eigenvalue weighted by Crippen LogP contribution is 2.40. The predicted molar refractivity (Wildman–Crippen MR) is 545 cm³/mol. The van der Waals surface area contributed by atoms with E-state index in [0.717, 1.165) is 231 Å². The number of nitrogens with zero attached hydrogens (tertiary/aromatic N) is 12. The van der Waals surface area contributed by atoms with Crippen LogP contribution in [0.15, 0.2) is 87.9 Å². The molecule has 8 heterocycles. The Morgan fingerprint density at radius 3 is 1.00 bits per heavy atom. The molecule has 0 bridgehead atoms. The number of ether oxygens (including phenoxy) is 3. The van der Waals surface area contributed by atoms with Gasteiger partial charge in [0.05, 0.1) is 28.3 Å². The monoisotopic (exact) mass is 2020 g/mol. The molecule has 3 amide bonds. The Labute approximate surface area is 795 Å². The van der Waals surface area contributed by atoms with Gasteiger partial charge < -0.3 is 81.6 Å². The number of nitrogens with one attached hydrogen (secondary N) is 3. The molecule has 0 radical (unpaired) electrons. The predicted octanol–water partition coefficient (Wildman–Crippen LogP) is 19.6. The average Bonchev–Trinajstić information content (AvgIpc) is 1.59. The maximum absolute atomic E-state index is 12.6. The van der Waals surface area contributed by atoms with Crippen LogP contribution in [0.5, 0.6) is 0 Å². The number of anilines is 3. The maximum Gasteiger partial charge on any atom is 0.407 e. The van der Waals surface area contributed by atoms with Crippen LogP contribution in [-0.2, 0) is 53.6 Å². The number of fused-ring (bicyclic) bond motifs is 12. The normalized spacial score (nSPS) is 11.7. The molecule has 8 aromatic heterocycles. The molecule has 11 N–H and O–H groups in total. The van der Waals surface area contributed by atoms with Crippen LogP contribution in [0, 0.1) is 0 Å². The van der Waals surface area contributed by atoms with Crippen LogP contribution in [0.2, 0.25) is 0 Å². The number of aromatic nitrogens is 12. The van der Waals surface area contributed by atoms with E-state index in [2.05, 4.69) is 95.4 Å². The summed E-state index contributed by atoms with van der Waals surface area (Å²) in [6.45, 7) is 39.8. The zero-order chi connectivity index (χ0) is 95.4. The Morgan fingerprint density at radius 1 is 0.412 bits per heavy atom. The minimum Gasteiger partial charge on any atom is -0.444 e. The van der Waals surface area contributed by atoms with Gasteiger partial charge in [-0.1, -0.05) is 102 Å². The molecule has 0 saturated carbocycles. The highest BCUT2D eigenvalue weighted by molar-refractivity contribution is 9.10. The number of carbonyl (C=O) groups is 3. The number of halogens is 3. The summed E-state index contributed by atoms with van der Waals surface area (Å²) in [5.41, 5.74) is 32.1. The number of alkyl carbamates (subject to hydrolysis) is 3. The van der Waals surface area contributed by atoms with Crippen molar-refractivity contribution in [3.8, 4) is 0 Å². The molecule has 38 heteroatoms. The molecule has 720 valence electrons. The molecule has 0 atom stereocenters. The van der Waals surface area contributed by atoms with Gasteiger partial charge in [-0.25, -0.2) is 49.3 Å². The van der Waals surface area contributed by atoms with Gasteiger partial charge in [0.2, 0.25) is 0 Å². The minimum atomic E-state index is -2.44. The zero-order valence-electron chi connectivity index (χ0n) is 79.8. The van der Waals surface area contributed by atoms with Crippen molar-refractivity contribution in [2.75, 3.05) is 110 Å². The van der Waals surface area contributed by atoms with E-state index in [0.29, 0.717) is 97.6 Å². The largest absolute Gasteiger partial charge is 0.444 e. The van der Waals surface area contributed by atoms with Crippen LogP contribution in [0.1, 0.15) is 217 Å². The van der Waals surface area contributed by atoms with Crippen molar-refractivity contribution in [1.29, 1.82) is 0 Å². The summed E-state index contributed by atoms with van der Waals surface area (Å²) >= 11 is 7.01. The Bertz CT molecular complexity index is 5940. The number of hydrogen-bond acceptors (Lipinski definition) is 25. The number of pyridine rings is 4. The second kappa shape index (κ2) is 50.6. The third kappa shape index (κ3) is 32.7. The quantitative estimate of drug-likeness (QED) is 0.0108. The van der Waals surface area contributed by atoms with Crippen molar-refractivity contribution in [3.63, 3.8) is 0 Å². The number of benzene rings is 4. The Kier molecular flexibility index (Phi) is 42.0. The number of nitrogens with two attached hydrogens (primary N) is 4. The van der Waals surface area contributed by atoms with Crippen LogP contribution < -0.4 is 68.8 Å². The Morgan fingerprint density at radius 2 is 0.695 bits per heavy atom. The van der Waals surface area contributed by atoms with Gasteiger partial charge in [-0.3, -0.25) is 4.98 Å². The molecule has 0 saturated heterocycles. The summed E-state index contributed by atoms with van der Waals surface area (Å²) in [4.78, 5) is 97.2. The molecule has 4 aromatic carbocycles. The standard InChI is InChI=1S/C25H38N5O4P.C23H32BrN5O3.C23H31BrN4O3.C20H30N5O2P.C2H6OP.ClH.H2/c1-7-8-11-20-29-21-22(18-13-12-17(35(5,6)32)16-19(18)28-23(21)26)30(20)33-15-10-9-14-27-24(31)34-25(2,3)4;1-5-6-9-18-28-19-20(16-11-10-15(24)14-17(16)27-21(19)25)29(18)31-13-8-7-12-26-22(30)32-23(2,3)4;1-5-6-9-20-27-19-15-26-18-14-16(24)10-11-17(18)21(19)28(20)30-13-8-7-12-25-22(29)31-23(2,3)4;1-4-5-8-17-24-18-19(25(17)27-12-7-6-11-21)15-10-9-14(28(2,3)26)13-16(15)23-20(18)22;1-4(2)3;;/h12-13,16H,7-11,14-15H2,1-6H3,(H2,26,28)(H,27,31);10-11,14H,5-9,12-13H2,1-4H3,(H2,25,27)(H,26,30);10-11,14-15H,5-9,12-13H2,1-4H3,(H,25,29);9-10,13H,4-8,11-12,21H2,1-3H3,(H2,22,23);1-2H3;2*1H/q;;;;+1;;/i;;;;;;1+1. The summed E-state index contributed by atoms with van der Waals surface area (Å²) in [7, 11) is -5.70. The Hall–Kier alpha value is -9.42. The van der Waals surface area contributed by atoms with Gasteiger partial charge >= 0.3 is 26.1 Å². The lowest BCUT2D eigenvalue weighted by Crippen LogP contribution is -2.33. The molecule has 0 fully saturated rings. The topological polar surface area (TPSA) is 430 Å². The minimum absolute atomic E-state index is 0. The van der Waals surface area contributed by atoms with Crippen LogP contribution in [0.3, 0.4) is 0 Å². The van der Waals surface area contributed by atoms with E-state index in [9.17, 15) is 28.1 Å². The van der Waals surface area contributed by atoms with Crippen LogP contribution >= 0.6 is 66.4 Å². The lowest BCUT2D eigenvalue weighted by Gasteiger charge is -2.19. The van der Waals surface area contributed by atoms with Gasteiger partial charge in [-0.2, -0.15) is 18.9 Å². The highest BCUT2D eigenvalue weighted by Gasteiger charge is 2.27. The lowest BCUT2D eigenvalue weighted by molar-refractivity contribution is 0.0512. The molecule has 12 aromatic rings. The SMILES string of the molecule is CCCCc1nc2c(N)nc3cc(Br)ccc3c2n1OCCCCNC(=O)OC(C)(C)C.CCCCc1nc2c(N)nc3cc(P(C)(C)=O)ccc3c2n1OCCCCN.CCCCc1nc2c(N)nc3cc(P(C)(C)=O)ccc3c2n1OCCCCNC(=O)OC(C)(C)C.CCCCc1nc2cnc3cc(Br)ccc3c2n1OCCCCNC(=O)OC(C)(C)C.C[P+](C)=O.Cl.[2HH]. The smallest absolute Gasteiger partial charge is 0.407 e. The van der Waals surface area contributed by atoms with Gasteiger partial charge in [0.25, 0.3) is 0 Å². The first-order valence-corrected chi connectivity index (χ1v) is 53.9. The summed E-state index contributed by atoms with van der Waals surface area (Å²) in [6, 6.07) is 23.3. The third-order valence-corrected chi connectivity index (χ3v) is 23.8. The molecule has 32 nitrogen and oxygen atoms in total. The van der Waals surface area contributed by atoms with Crippen LogP contribution in [0.25, 0.3) is 87.7 Å². The first-order valence-electron chi connectivity index (χ1n) is 45.0. The average molecular weight is 2020 g/mol. The molecule has 0 aliphatic carbocycles. The van der Waals surface area contributed by atoms with E-state index >= 15 is 0 Å². The fourth-order valence-electron chi connectivity index (χ4n) is 13.6. The van der Waals surface area contributed by atoms with E-state index in [1.807, 2.05) is 155 Å². The third-order valence-electron chi connectivity index (χ3n) is 19.8. The maximum atomic E-state index is 12.6. The second-order valence-electron chi connectivity index (χ2n) is 35.8. The van der Waals surface area contributed by atoms with Crippen molar-refractivity contribution in [1.82, 2.24) is 74.7 Å². The van der Waals surface area contributed by atoms with Gasteiger partial charge in [-0.15, -0.1) is 12.4 Å². The molecule has 0 aliphatic rings. The molecule has 131 heavy (non-hydrogen) atoms. The molecule has 0 spiro atoms. The molecule has 12 rings (SSSR count). The molecular weight excluding hydrogens is 1880 g/mol. The van der Waals surface area contributed by atoms with Crippen molar-refractivity contribution in [3.05, 3.63) is 111 Å². The van der Waals surface area contributed by atoms with Crippen LogP contribution in [-0.4, -0.2) is 186 Å². The second-order valence-corrected chi connectivity index (χ2v) is 45.6. The molecule has 0 aliphatic heterocycles. The highest BCUT2D eigenvalue weighted by atomic mass is 79.9. The van der Waals surface area contributed by atoms with E-state index < -0.39 is 51.1 Å². The molecular formula is C93H140Br2ClN19O13P3+. The van der Waals surface area contributed by atoms with E-state index in [-0.39, 0.29) is 19.9 Å². The van der Waals surface area contributed by atoms with Gasteiger partial charge in [0.15, 0.2) is 17.5 Å². The van der Waals surface area contributed by atoms with Gasteiger partial charge in [0.1, 0.15) is 138 Å².